The number of aryl methyl sites for hydroxylation is 1. The van der Waals surface area contributed by atoms with Gasteiger partial charge >= 0.3 is 5.97 Å². The quantitative estimate of drug-likeness (QED) is 0.455. The van der Waals surface area contributed by atoms with Gasteiger partial charge in [-0.2, -0.15) is 0 Å². The van der Waals surface area contributed by atoms with Gasteiger partial charge < -0.3 is 19.8 Å². The van der Waals surface area contributed by atoms with E-state index in [0.29, 0.717) is 22.4 Å². The molecule has 2 rings (SSSR count). The highest BCUT2D eigenvalue weighted by molar-refractivity contribution is 7.89. The maximum Gasteiger partial charge on any atom is 0.340 e. The third-order valence-corrected chi connectivity index (χ3v) is 6.48. The Hall–Kier alpha value is -2.69. The molecule has 0 saturated heterocycles. The molecule has 2 aromatic rings. The summed E-state index contributed by atoms with van der Waals surface area (Å²) in [6, 6.07) is 6.47. The van der Waals surface area contributed by atoms with Gasteiger partial charge in [0.15, 0.2) is 0 Å². The van der Waals surface area contributed by atoms with E-state index in [9.17, 15) is 18.0 Å². The number of carbonyl (C=O) groups excluding carboxylic acids is 2. The SMILES string of the molecule is COCCOC(=O)c1c(C)[nH]c(C(=O)NCc2ccccc2S(=O)(=O)N(C)C)c1C. The molecule has 10 heteroatoms. The van der Waals surface area contributed by atoms with Crippen molar-refractivity contribution in [2.24, 2.45) is 0 Å². The summed E-state index contributed by atoms with van der Waals surface area (Å²) < 4.78 is 36.1. The zero-order chi connectivity index (χ0) is 22.5. The van der Waals surface area contributed by atoms with Crippen molar-refractivity contribution >= 4 is 21.9 Å². The third-order valence-electron chi connectivity index (χ3n) is 4.56. The maximum absolute atomic E-state index is 12.7. The minimum Gasteiger partial charge on any atom is -0.460 e. The first-order valence-corrected chi connectivity index (χ1v) is 10.7. The van der Waals surface area contributed by atoms with Crippen LogP contribution in [-0.4, -0.2) is 64.0 Å². The van der Waals surface area contributed by atoms with E-state index in [0.717, 1.165) is 4.31 Å². The van der Waals surface area contributed by atoms with Gasteiger partial charge in [0.05, 0.1) is 17.1 Å². The molecule has 0 saturated carbocycles. The van der Waals surface area contributed by atoms with Crippen LogP contribution < -0.4 is 5.32 Å². The van der Waals surface area contributed by atoms with E-state index >= 15 is 0 Å². The van der Waals surface area contributed by atoms with Crippen LogP contribution >= 0.6 is 0 Å². The number of nitrogens with zero attached hydrogens (tertiary/aromatic N) is 1. The largest absolute Gasteiger partial charge is 0.460 e. The summed E-state index contributed by atoms with van der Waals surface area (Å²) in [5.74, 6) is -0.997. The number of benzene rings is 1. The average Bonchev–Trinajstić information content (AvgIpc) is 3.00. The lowest BCUT2D eigenvalue weighted by atomic mass is 10.1. The van der Waals surface area contributed by atoms with Crippen molar-refractivity contribution < 1.29 is 27.5 Å². The van der Waals surface area contributed by atoms with Gasteiger partial charge in [-0.3, -0.25) is 4.79 Å². The Balaban J connectivity index is 2.19. The van der Waals surface area contributed by atoms with Crippen LogP contribution in [0, 0.1) is 13.8 Å². The van der Waals surface area contributed by atoms with Crippen LogP contribution in [0.15, 0.2) is 29.2 Å². The van der Waals surface area contributed by atoms with Gasteiger partial charge in [0.1, 0.15) is 12.3 Å². The smallest absolute Gasteiger partial charge is 0.340 e. The van der Waals surface area contributed by atoms with Crippen molar-refractivity contribution in [3.8, 4) is 0 Å². The fourth-order valence-corrected chi connectivity index (χ4v) is 4.05. The molecule has 0 aliphatic rings. The van der Waals surface area contributed by atoms with E-state index < -0.39 is 21.9 Å². The van der Waals surface area contributed by atoms with Crippen molar-refractivity contribution in [3.05, 3.63) is 52.3 Å². The van der Waals surface area contributed by atoms with Crippen LogP contribution in [0.1, 0.15) is 37.7 Å². The van der Waals surface area contributed by atoms with E-state index in [1.807, 2.05) is 0 Å². The Bertz CT molecular complexity index is 1030. The molecule has 9 nitrogen and oxygen atoms in total. The number of aromatic nitrogens is 1. The molecule has 0 fully saturated rings. The average molecular weight is 438 g/mol. The lowest BCUT2D eigenvalue weighted by molar-refractivity contribution is 0.0386. The predicted molar refractivity (Wildman–Crippen MR) is 111 cm³/mol. The van der Waals surface area contributed by atoms with Crippen LogP contribution in [0.25, 0.3) is 0 Å². The second-order valence-electron chi connectivity index (χ2n) is 6.83. The molecule has 1 aromatic heterocycles. The molecule has 1 heterocycles. The standard InChI is InChI=1S/C20H27N3O6S/c1-13-17(20(25)29-11-10-28-5)14(2)22-18(13)19(24)21-12-15-8-6-7-9-16(15)30(26,27)23(3)4/h6-9,22H,10-12H2,1-5H3,(H,21,24). The highest BCUT2D eigenvalue weighted by Crippen LogP contribution is 2.21. The van der Waals surface area contributed by atoms with Crippen LogP contribution in [0.3, 0.4) is 0 Å². The number of H-pyrrole nitrogens is 1. The Morgan fingerprint density at radius 2 is 1.80 bits per heavy atom. The minimum atomic E-state index is -3.65. The van der Waals surface area contributed by atoms with E-state index in [1.165, 1.54) is 27.3 Å². The van der Waals surface area contributed by atoms with Crippen molar-refractivity contribution in [2.45, 2.75) is 25.3 Å². The molecule has 30 heavy (non-hydrogen) atoms. The molecule has 0 atom stereocenters. The van der Waals surface area contributed by atoms with Gasteiger partial charge in [0.2, 0.25) is 10.0 Å². The van der Waals surface area contributed by atoms with Crippen molar-refractivity contribution in [2.75, 3.05) is 34.4 Å². The first-order chi connectivity index (χ1) is 14.1. The van der Waals surface area contributed by atoms with Crippen molar-refractivity contribution in [1.29, 1.82) is 0 Å². The number of sulfonamides is 1. The number of aromatic amines is 1. The number of hydrogen-bond donors (Lipinski definition) is 2. The lowest BCUT2D eigenvalue weighted by Crippen LogP contribution is -2.27. The van der Waals surface area contributed by atoms with Crippen molar-refractivity contribution in [1.82, 2.24) is 14.6 Å². The topological polar surface area (TPSA) is 118 Å². The van der Waals surface area contributed by atoms with Crippen LogP contribution in [0.2, 0.25) is 0 Å². The molecule has 0 aliphatic carbocycles. The number of nitrogens with one attached hydrogen (secondary N) is 2. The number of methoxy groups -OCH3 is 1. The first kappa shape index (κ1) is 23.6. The second-order valence-corrected chi connectivity index (χ2v) is 8.95. The number of hydrogen-bond acceptors (Lipinski definition) is 6. The molecule has 164 valence electrons. The number of rotatable bonds is 9. The van der Waals surface area contributed by atoms with E-state index in [2.05, 4.69) is 10.3 Å². The van der Waals surface area contributed by atoms with Gasteiger partial charge in [0, 0.05) is 33.4 Å². The van der Waals surface area contributed by atoms with E-state index in [1.54, 1.807) is 32.0 Å². The maximum atomic E-state index is 12.7. The van der Waals surface area contributed by atoms with Crippen LogP contribution in [-0.2, 0) is 26.0 Å². The van der Waals surface area contributed by atoms with Crippen molar-refractivity contribution in [3.63, 3.8) is 0 Å². The molecule has 1 aromatic carbocycles. The second kappa shape index (κ2) is 9.88. The highest BCUT2D eigenvalue weighted by atomic mass is 32.2. The Morgan fingerprint density at radius 3 is 2.43 bits per heavy atom. The summed E-state index contributed by atoms with van der Waals surface area (Å²) in [7, 11) is 0.749. The number of esters is 1. The molecule has 1 amide bonds. The van der Waals surface area contributed by atoms with E-state index in [-0.39, 0.29) is 30.3 Å². The third kappa shape index (κ3) is 5.07. The molecule has 0 spiro atoms. The summed E-state index contributed by atoms with van der Waals surface area (Å²) in [6.45, 7) is 3.72. The Labute approximate surface area is 176 Å². The van der Waals surface area contributed by atoms with Gasteiger partial charge in [-0.25, -0.2) is 17.5 Å². The summed E-state index contributed by atoms with van der Waals surface area (Å²) in [5.41, 5.74) is 1.95. The molecule has 0 unspecified atom stereocenters. The molecular weight excluding hydrogens is 410 g/mol. The molecule has 0 aliphatic heterocycles. The molecule has 0 bridgehead atoms. The number of amides is 1. The molecule has 2 N–H and O–H groups in total. The summed E-state index contributed by atoms with van der Waals surface area (Å²) in [6.07, 6.45) is 0. The predicted octanol–water partition coefficient (Wildman–Crippen LogP) is 1.62. The van der Waals surface area contributed by atoms with E-state index in [4.69, 9.17) is 9.47 Å². The Kier molecular flexibility index (Phi) is 7.77. The number of ether oxygens (including phenoxy) is 2. The van der Waals surface area contributed by atoms with Gasteiger partial charge in [0.25, 0.3) is 5.91 Å². The van der Waals surface area contributed by atoms with Gasteiger partial charge in [-0.1, -0.05) is 18.2 Å². The fourth-order valence-electron chi connectivity index (χ4n) is 2.94. The highest BCUT2D eigenvalue weighted by Gasteiger charge is 2.24. The zero-order valence-corrected chi connectivity index (χ0v) is 18.6. The fraction of sp³-hybridized carbons (Fsp3) is 0.400. The Morgan fingerprint density at radius 1 is 1.13 bits per heavy atom. The normalized spacial score (nSPS) is 11.5. The van der Waals surface area contributed by atoms with Gasteiger partial charge in [-0.05, 0) is 31.0 Å². The minimum absolute atomic E-state index is 0.00715. The van der Waals surface area contributed by atoms with Crippen LogP contribution in [0.5, 0.6) is 0 Å². The summed E-state index contributed by atoms with van der Waals surface area (Å²) in [5, 5.41) is 2.71. The van der Waals surface area contributed by atoms with Crippen LogP contribution in [0.4, 0.5) is 0 Å². The van der Waals surface area contributed by atoms with Gasteiger partial charge in [-0.15, -0.1) is 0 Å². The summed E-state index contributed by atoms with van der Waals surface area (Å²) in [4.78, 5) is 28.0. The lowest BCUT2D eigenvalue weighted by Gasteiger charge is -2.15. The number of carbonyl (C=O) groups is 2. The zero-order valence-electron chi connectivity index (χ0n) is 17.7. The molecule has 0 radical (unpaired) electrons. The summed E-state index contributed by atoms with van der Waals surface area (Å²) >= 11 is 0. The monoisotopic (exact) mass is 437 g/mol. The first-order valence-electron chi connectivity index (χ1n) is 9.25. The molecular formula is C20H27N3O6S.